The summed E-state index contributed by atoms with van der Waals surface area (Å²) in [6.45, 7) is 2.12. The number of imidazole rings is 1. The van der Waals surface area contributed by atoms with Crippen molar-refractivity contribution in [2.24, 2.45) is 0 Å². The molecule has 0 radical (unpaired) electrons. The van der Waals surface area contributed by atoms with Gasteiger partial charge in [0, 0.05) is 0 Å². The Balaban J connectivity index is 1.75. The maximum absolute atomic E-state index is 12.3. The minimum atomic E-state index is -0.0915. The largest absolute Gasteiger partial charge is 0.369 e. The van der Waals surface area contributed by atoms with Gasteiger partial charge in [0.25, 0.3) is 0 Å². The molecule has 0 aliphatic rings. The lowest BCUT2D eigenvalue weighted by atomic mass is 10.1. The maximum atomic E-state index is 12.3. The summed E-state index contributed by atoms with van der Waals surface area (Å²) < 4.78 is 1.72. The SMILES string of the molecule is CC(NC(=O)Cn1c(N)nc2ccccc21)c1ccccc1. The van der Waals surface area contributed by atoms with E-state index < -0.39 is 0 Å². The number of anilines is 1. The summed E-state index contributed by atoms with van der Waals surface area (Å²) in [6, 6.07) is 17.4. The molecule has 1 aromatic heterocycles. The van der Waals surface area contributed by atoms with E-state index in [-0.39, 0.29) is 18.5 Å². The highest BCUT2D eigenvalue weighted by Crippen LogP contribution is 2.17. The Kier molecular flexibility index (Phi) is 3.78. The maximum Gasteiger partial charge on any atom is 0.240 e. The van der Waals surface area contributed by atoms with E-state index in [9.17, 15) is 4.79 Å². The smallest absolute Gasteiger partial charge is 0.240 e. The Bertz CT molecular complexity index is 795. The van der Waals surface area contributed by atoms with Gasteiger partial charge in [-0.1, -0.05) is 42.5 Å². The zero-order chi connectivity index (χ0) is 15.5. The van der Waals surface area contributed by atoms with Crippen LogP contribution in [0.1, 0.15) is 18.5 Å². The standard InChI is InChI=1S/C17H18N4O/c1-12(13-7-3-2-4-8-13)19-16(22)11-21-15-10-6-5-9-14(15)20-17(21)18/h2-10,12H,11H2,1H3,(H2,18,20)(H,19,22). The van der Waals surface area contributed by atoms with Gasteiger partial charge >= 0.3 is 0 Å². The van der Waals surface area contributed by atoms with E-state index in [0.29, 0.717) is 5.95 Å². The van der Waals surface area contributed by atoms with Crippen LogP contribution in [-0.2, 0) is 11.3 Å². The number of carbonyl (C=O) groups excluding carboxylic acids is 1. The quantitative estimate of drug-likeness (QED) is 0.776. The van der Waals surface area contributed by atoms with Gasteiger partial charge in [-0.2, -0.15) is 0 Å². The van der Waals surface area contributed by atoms with Gasteiger partial charge in [-0.15, -0.1) is 0 Å². The number of hydrogen-bond donors (Lipinski definition) is 2. The van der Waals surface area contributed by atoms with Gasteiger partial charge in [-0.05, 0) is 24.6 Å². The lowest BCUT2D eigenvalue weighted by Crippen LogP contribution is -2.30. The first-order valence-electron chi connectivity index (χ1n) is 7.20. The molecule has 0 saturated heterocycles. The van der Waals surface area contributed by atoms with Crippen molar-refractivity contribution in [3.8, 4) is 0 Å². The van der Waals surface area contributed by atoms with Gasteiger partial charge in [0.2, 0.25) is 11.9 Å². The molecule has 0 fully saturated rings. The molecule has 5 heteroatoms. The minimum absolute atomic E-state index is 0.0512. The lowest BCUT2D eigenvalue weighted by molar-refractivity contribution is -0.122. The van der Waals surface area contributed by atoms with Crippen LogP contribution in [-0.4, -0.2) is 15.5 Å². The number of aromatic nitrogens is 2. The van der Waals surface area contributed by atoms with Gasteiger partial charge in [0.15, 0.2) is 0 Å². The number of amides is 1. The fourth-order valence-electron chi connectivity index (χ4n) is 2.52. The summed E-state index contributed by atoms with van der Waals surface area (Å²) in [7, 11) is 0. The first-order valence-corrected chi connectivity index (χ1v) is 7.20. The molecular formula is C17H18N4O. The van der Waals surface area contributed by atoms with Crippen molar-refractivity contribution in [2.75, 3.05) is 5.73 Å². The number of rotatable bonds is 4. The van der Waals surface area contributed by atoms with Gasteiger partial charge in [0.1, 0.15) is 6.54 Å². The molecule has 1 amide bonds. The second-order valence-electron chi connectivity index (χ2n) is 5.24. The van der Waals surface area contributed by atoms with E-state index in [1.165, 1.54) is 0 Å². The van der Waals surface area contributed by atoms with Crippen LogP contribution in [0, 0.1) is 0 Å². The molecule has 112 valence electrons. The number of nitrogens with one attached hydrogen (secondary N) is 1. The van der Waals surface area contributed by atoms with E-state index >= 15 is 0 Å². The van der Waals surface area contributed by atoms with Crippen molar-refractivity contribution in [2.45, 2.75) is 19.5 Å². The number of nitrogen functional groups attached to an aromatic ring is 1. The zero-order valence-corrected chi connectivity index (χ0v) is 12.4. The molecule has 0 aliphatic carbocycles. The van der Waals surface area contributed by atoms with Gasteiger partial charge in [0.05, 0.1) is 17.1 Å². The van der Waals surface area contributed by atoms with E-state index in [4.69, 9.17) is 5.73 Å². The molecule has 0 saturated carbocycles. The van der Waals surface area contributed by atoms with Crippen LogP contribution in [0.3, 0.4) is 0 Å². The average molecular weight is 294 g/mol. The number of nitrogens with two attached hydrogens (primary N) is 1. The third-order valence-electron chi connectivity index (χ3n) is 3.66. The lowest BCUT2D eigenvalue weighted by Gasteiger charge is -2.15. The van der Waals surface area contributed by atoms with Crippen LogP contribution in [0.5, 0.6) is 0 Å². The van der Waals surface area contributed by atoms with E-state index in [2.05, 4.69) is 10.3 Å². The predicted octanol–water partition coefficient (Wildman–Crippen LogP) is 2.50. The number of benzene rings is 2. The van der Waals surface area contributed by atoms with Crippen molar-refractivity contribution >= 4 is 22.9 Å². The number of para-hydroxylation sites is 2. The van der Waals surface area contributed by atoms with Gasteiger partial charge < -0.3 is 15.6 Å². The summed E-state index contributed by atoms with van der Waals surface area (Å²) in [6.07, 6.45) is 0. The van der Waals surface area contributed by atoms with Crippen LogP contribution in [0.4, 0.5) is 5.95 Å². The third-order valence-corrected chi connectivity index (χ3v) is 3.66. The van der Waals surface area contributed by atoms with Crippen LogP contribution < -0.4 is 11.1 Å². The molecule has 1 unspecified atom stereocenters. The van der Waals surface area contributed by atoms with E-state index in [0.717, 1.165) is 16.6 Å². The molecular weight excluding hydrogens is 276 g/mol. The van der Waals surface area contributed by atoms with Crippen molar-refractivity contribution < 1.29 is 4.79 Å². The van der Waals surface area contributed by atoms with Crippen molar-refractivity contribution in [1.82, 2.24) is 14.9 Å². The molecule has 3 N–H and O–H groups in total. The number of carbonyl (C=O) groups is 1. The predicted molar refractivity (Wildman–Crippen MR) is 87.1 cm³/mol. The van der Waals surface area contributed by atoms with Gasteiger partial charge in [-0.25, -0.2) is 4.98 Å². The summed E-state index contributed by atoms with van der Waals surface area (Å²) in [4.78, 5) is 16.5. The van der Waals surface area contributed by atoms with Crippen LogP contribution in [0.15, 0.2) is 54.6 Å². The highest BCUT2D eigenvalue weighted by molar-refractivity contribution is 5.82. The molecule has 2 aromatic carbocycles. The Hall–Kier alpha value is -2.82. The van der Waals surface area contributed by atoms with Crippen molar-refractivity contribution in [3.63, 3.8) is 0 Å². The summed E-state index contributed by atoms with van der Waals surface area (Å²) in [5.41, 5.74) is 8.64. The molecule has 3 aromatic rings. The summed E-state index contributed by atoms with van der Waals surface area (Å²) in [5, 5.41) is 2.98. The molecule has 3 rings (SSSR count). The summed E-state index contributed by atoms with van der Waals surface area (Å²) in [5.74, 6) is 0.259. The number of fused-ring (bicyclic) bond motifs is 1. The third kappa shape index (κ3) is 2.79. The molecule has 5 nitrogen and oxygen atoms in total. The topological polar surface area (TPSA) is 72.9 Å². The molecule has 1 heterocycles. The first-order chi connectivity index (χ1) is 10.6. The van der Waals surface area contributed by atoms with Crippen molar-refractivity contribution in [3.05, 3.63) is 60.2 Å². The Labute approximate surface area is 128 Å². The Morgan fingerprint density at radius 1 is 1.18 bits per heavy atom. The fourth-order valence-corrected chi connectivity index (χ4v) is 2.52. The molecule has 1 atom stereocenters. The molecule has 0 aliphatic heterocycles. The molecule has 0 bridgehead atoms. The number of hydrogen-bond acceptors (Lipinski definition) is 3. The second kappa shape index (κ2) is 5.89. The molecule has 22 heavy (non-hydrogen) atoms. The highest BCUT2D eigenvalue weighted by atomic mass is 16.2. The minimum Gasteiger partial charge on any atom is -0.369 e. The van der Waals surface area contributed by atoms with E-state index in [1.54, 1.807) is 4.57 Å². The second-order valence-corrected chi connectivity index (χ2v) is 5.24. The monoisotopic (exact) mass is 294 g/mol. The summed E-state index contributed by atoms with van der Waals surface area (Å²) >= 11 is 0. The first kappa shape index (κ1) is 14.1. The molecule has 0 spiro atoms. The van der Waals surface area contributed by atoms with Crippen LogP contribution in [0.25, 0.3) is 11.0 Å². The fraction of sp³-hybridized carbons (Fsp3) is 0.176. The average Bonchev–Trinajstić information content (AvgIpc) is 2.84. The highest BCUT2D eigenvalue weighted by Gasteiger charge is 2.13. The Morgan fingerprint density at radius 2 is 1.86 bits per heavy atom. The Morgan fingerprint density at radius 3 is 2.64 bits per heavy atom. The van der Waals surface area contributed by atoms with Crippen LogP contribution >= 0.6 is 0 Å². The van der Waals surface area contributed by atoms with Gasteiger partial charge in [-0.3, -0.25) is 4.79 Å². The number of nitrogens with zero attached hydrogens (tertiary/aromatic N) is 2. The zero-order valence-electron chi connectivity index (χ0n) is 12.4. The van der Waals surface area contributed by atoms with Crippen molar-refractivity contribution in [1.29, 1.82) is 0 Å². The van der Waals surface area contributed by atoms with E-state index in [1.807, 2.05) is 61.5 Å². The van der Waals surface area contributed by atoms with Crippen LogP contribution in [0.2, 0.25) is 0 Å². The normalized spacial score (nSPS) is 12.2.